The lowest BCUT2D eigenvalue weighted by atomic mass is 10.1. The first-order valence-electron chi connectivity index (χ1n) is 4.45. The fourth-order valence-corrected chi connectivity index (χ4v) is 2.53. The van der Waals surface area contributed by atoms with Crippen LogP contribution in [-0.2, 0) is 10.0 Å². The first kappa shape index (κ1) is 10.7. The maximum absolute atomic E-state index is 11.3. The van der Waals surface area contributed by atoms with Gasteiger partial charge in [-0.05, 0) is 19.4 Å². The van der Waals surface area contributed by atoms with Gasteiger partial charge in [-0.25, -0.2) is 13.1 Å². The minimum atomic E-state index is -3.14. The summed E-state index contributed by atoms with van der Waals surface area (Å²) in [7, 11) is -3.14. The van der Waals surface area contributed by atoms with Crippen LogP contribution in [0.1, 0.15) is 12.8 Å². The van der Waals surface area contributed by atoms with Crippen molar-refractivity contribution in [2.75, 3.05) is 18.8 Å². The highest BCUT2D eigenvalue weighted by Crippen LogP contribution is 2.02. The molecule has 1 aliphatic heterocycles. The molecule has 0 aromatic heterocycles. The van der Waals surface area contributed by atoms with E-state index in [0.717, 1.165) is 25.9 Å². The number of piperidine rings is 1. The van der Waals surface area contributed by atoms with Crippen molar-refractivity contribution >= 4 is 10.0 Å². The molecule has 1 saturated heterocycles. The molecule has 1 fully saturated rings. The van der Waals surface area contributed by atoms with Crippen LogP contribution in [0.25, 0.3) is 0 Å². The molecule has 4 nitrogen and oxygen atoms in total. The molecule has 0 aromatic carbocycles. The van der Waals surface area contributed by atoms with E-state index >= 15 is 0 Å². The fraction of sp³-hybridized carbons (Fsp3) is 0.750. The number of sulfonamides is 1. The van der Waals surface area contributed by atoms with Crippen LogP contribution >= 0.6 is 0 Å². The normalized spacial score (nSPS) is 24.2. The molecule has 1 heterocycles. The van der Waals surface area contributed by atoms with E-state index in [9.17, 15) is 8.42 Å². The molecule has 0 amide bonds. The van der Waals surface area contributed by atoms with E-state index in [2.05, 4.69) is 16.6 Å². The lowest BCUT2D eigenvalue weighted by Gasteiger charge is -2.23. The molecule has 13 heavy (non-hydrogen) atoms. The summed E-state index contributed by atoms with van der Waals surface area (Å²) in [5.74, 6) is 0.00347. The van der Waals surface area contributed by atoms with Crippen LogP contribution in [0.5, 0.6) is 0 Å². The van der Waals surface area contributed by atoms with Crippen molar-refractivity contribution in [2.45, 2.75) is 18.9 Å². The van der Waals surface area contributed by atoms with Crippen molar-refractivity contribution in [1.29, 1.82) is 0 Å². The van der Waals surface area contributed by atoms with Crippen molar-refractivity contribution < 1.29 is 8.42 Å². The molecule has 0 spiro atoms. The Morgan fingerprint density at radius 2 is 2.38 bits per heavy atom. The van der Waals surface area contributed by atoms with Crippen LogP contribution in [-0.4, -0.2) is 33.3 Å². The van der Waals surface area contributed by atoms with Gasteiger partial charge < -0.3 is 5.32 Å². The Bertz CT molecular complexity index is 255. The van der Waals surface area contributed by atoms with Crippen LogP contribution in [0, 0.1) is 0 Å². The summed E-state index contributed by atoms with van der Waals surface area (Å²) in [6.07, 6.45) is 3.35. The van der Waals surface area contributed by atoms with E-state index in [0.29, 0.717) is 0 Å². The van der Waals surface area contributed by atoms with Crippen molar-refractivity contribution in [2.24, 2.45) is 0 Å². The van der Waals surface area contributed by atoms with Gasteiger partial charge in [-0.3, -0.25) is 0 Å². The predicted molar refractivity (Wildman–Crippen MR) is 53.0 cm³/mol. The standard InChI is InChI=1S/C8H16N2O2S/c1-2-6-13(11,12)10-8-4-3-5-9-7-8/h2,8-10H,1,3-7H2. The van der Waals surface area contributed by atoms with Gasteiger partial charge in [0, 0.05) is 12.6 Å². The Morgan fingerprint density at radius 3 is 2.92 bits per heavy atom. The van der Waals surface area contributed by atoms with Crippen LogP contribution in [0.3, 0.4) is 0 Å². The highest BCUT2D eigenvalue weighted by atomic mass is 32.2. The zero-order valence-electron chi connectivity index (χ0n) is 7.62. The fourth-order valence-electron chi connectivity index (χ4n) is 1.41. The van der Waals surface area contributed by atoms with E-state index < -0.39 is 10.0 Å². The molecule has 0 aromatic rings. The Hall–Kier alpha value is -0.390. The third-order valence-electron chi connectivity index (χ3n) is 1.98. The molecule has 0 bridgehead atoms. The summed E-state index contributed by atoms with van der Waals surface area (Å²) in [4.78, 5) is 0. The quantitative estimate of drug-likeness (QED) is 0.626. The lowest BCUT2D eigenvalue weighted by molar-refractivity contribution is 0.429. The Morgan fingerprint density at radius 1 is 1.62 bits per heavy atom. The van der Waals surface area contributed by atoms with Gasteiger partial charge in [-0.15, -0.1) is 6.58 Å². The predicted octanol–water partition coefficient (Wildman–Crippen LogP) is -0.156. The van der Waals surface area contributed by atoms with Crippen molar-refractivity contribution in [3.05, 3.63) is 12.7 Å². The Labute approximate surface area is 79.5 Å². The summed E-state index contributed by atoms with van der Waals surface area (Å²) >= 11 is 0. The second-order valence-corrected chi connectivity index (χ2v) is 5.03. The summed E-state index contributed by atoms with van der Waals surface area (Å²) in [6.45, 7) is 5.12. The Kier molecular flexibility index (Phi) is 3.90. The zero-order valence-corrected chi connectivity index (χ0v) is 8.44. The third kappa shape index (κ3) is 3.89. The molecule has 1 atom stereocenters. The van der Waals surface area contributed by atoms with Crippen molar-refractivity contribution in [1.82, 2.24) is 10.0 Å². The molecule has 5 heteroatoms. The smallest absolute Gasteiger partial charge is 0.215 e. The van der Waals surface area contributed by atoms with E-state index in [1.807, 2.05) is 0 Å². The molecule has 0 aliphatic carbocycles. The second-order valence-electron chi connectivity index (χ2n) is 3.23. The number of hydrogen-bond donors (Lipinski definition) is 2. The molecule has 1 aliphatic rings. The second kappa shape index (κ2) is 4.74. The van der Waals surface area contributed by atoms with Gasteiger partial charge in [0.15, 0.2) is 0 Å². The SMILES string of the molecule is C=CCS(=O)(=O)NC1CCCNC1. The monoisotopic (exact) mass is 204 g/mol. The van der Waals surface area contributed by atoms with Gasteiger partial charge in [-0.2, -0.15) is 0 Å². The van der Waals surface area contributed by atoms with Crippen LogP contribution in [0.4, 0.5) is 0 Å². The zero-order chi connectivity index (χ0) is 9.73. The molecule has 1 rings (SSSR count). The molecule has 0 saturated carbocycles. The van der Waals surface area contributed by atoms with Crippen LogP contribution in [0.2, 0.25) is 0 Å². The van der Waals surface area contributed by atoms with Gasteiger partial charge in [-0.1, -0.05) is 6.08 Å². The number of rotatable bonds is 4. The topological polar surface area (TPSA) is 58.2 Å². The molecule has 76 valence electrons. The van der Waals surface area contributed by atoms with Crippen LogP contribution < -0.4 is 10.0 Å². The first-order valence-corrected chi connectivity index (χ1v) is 6.11. The molecule has 0 radical (unpaired) electrons. The maximum Gasteiger partial charge on any atom is 0.215 e. The van der Waals surface area contributed by atoms with Gasteiger partial charge in [0.1, 0.15) is 0 Å². The largest absolute Gasteiger partial charge is 0.315 e. The van der Waals surface area contributed by atoms with Gasteiger partial charge in [0.05, 0.1) is 5.75 Å². The van der Waals surface area contributed by atoms with E-state index in [1.54, 1.807) is 0 Å². The Balaban J connectivity index is 2.41. The summed E-state index contributed by atoms with van der Waals surface area (Å²) < 4.78 is 25.2. The molecule has 2 N–H and O–H groups in total. The van der Waals surface area contributed by atoms with Crippen LogP contribution in [0.15, 0.2) is 12.7 Å². The first-order chi connectivity index (χ1) is 6.14. The third-order valence-corrected chi connectivity index (χ3v) is 3.35. The van der Waals surface area contributed by atoms with Crippen molar-refractivity contribution in [3.63, 3.8) is 0 Å². The van der Waals surface area contributed by atoms with E-state index in [1.165, 1.54) is 6.08 Å². The summed E-state index contributed by atoms with van der Waals surface area (Å²) in [5, 5.41) is 3.15. The van der Waals surface area contributed by atoms with E-state index in [4.69, 9.17) is 0 Å². The number of nitrogens with one attached hydrogen (secondary N) is 2. The lowest BCUT2D eigenvalue weighted by Crippen LogP contribution is -2.46. The highest BCUT2D eigenvalue weighted by Gasteiger charge is 2.18. The van der Waals surface area contributed by atoms with Crippen molar-refractivity contribution in [3.8, 4) is 0 Å². The van der Waals surface area contributed by atoms with Gasteiger partial charge in [0.2, 0.25) is 10.0 Å². The van der Waals surface area contributed by atoms with E-state index in [-0.39, 0.29) is 11.8 Å². The highest BCUT2D eigenvalue weighted by molar-refractivity contribution is 7.89. The minimum Gasteiger partial charge on any atom is -0.315 e. The molecule has 1 unspecified atom stereocenters. The average Bonchev–Trinajstić information content (AvgIpc) is 2.04. The van der Waals surface area contributed by atoms with Gasteiger partial charge >= 0.3 is 0 Å². The van der Waals surface area contributed by atoms with Gasteiger partial charge in [0.25, 0.3) is 0 Å². The molecular weight excluding hydrogens is 188 g/mol. The number of hydrogen-bond acceptors (Lipinski definition) is 3. The average molecular weight is 204 g/mol. The summed E-state index contributed by atoms with van der Waals surface area (Å²) in [5.41, 5.74) is 0. The maximum atomic E-state index is 11.3. The summed E-state index contributed by atoms with van der Waals surface area (Å²) in [6, 6.07) is 0.0544. The molecular formula is C8H16N2O2S. The minimum absolute atomic E-state index is 0.00347.